The molecule has 0 saturated heterocycles. The Hall–Kier alpha value is -2.46. The summed E-state index contributed by atoms with van der Waals surface area (Å²) in [6.45, 7) is 0. The highest BCUT2D eigenvalue weighted by molar-refractivity contribution is 6.30. The van der Waals surface area contributed by atoms with E-state index in [4.69, 9.17) is 11.6 Å². The zero-order valence-electron chi connectivity index (χ0n) is 10.4. The van der Waals surface area contributed by atoms with Crippen molar-refractivity contribution in [2.75, 3.05) is 0 Å². The van der Waals surface area contributed by atoms with Crippen molar-refractivity contribution in [1.82, 2.24) is 9.78 Å². The molecule has 0 unspecified atom stereocenters. The summed E-state index contributed by atoms with van der Waals surface area (Å²) in [5, 5.41) is 24.2. The van der Waals surface area contributed by atoms with Crippen LogP contribution in [0.5, 0.6) is 11.5 Å². The van der Waals surface area contributed by atoms with Crippen LogP contribution in [0, 0.1) is 0 Å². The Morgan fingerprint density at radius 3 is 2.60 bits per heavy atom. The van der Waals surface area contributed by atoms with Gasteiger partial charge in [-0.1, -0.05) is 17.7 Å². The summed E-state index contributed by atoms with van der Waals surface area (Å²) in [5.41, 5.74) is 2.09. The van der Waals surface area contributed by atoms with Crippen LogP contribution in [0.3, 0.4) is 0 Å². The van der Waals surface area contributed by atoms with Crippen LogP contribution >= 0.6 is 11.6 Å². The number of phenols is 2. The number of hydrogen-bond acceptors (Lipinski definition) is 3. The third-order valence-corrected chi connectivity index (χ3v) is 3.19. The Morgan fingerprint density at radius 2 is 1.85 bits per heavy atom. The molecule has 0 amide bonds. The van der Waals surface area contributed by atoms with Gasteiger partial charge in [0, 0.05) is 16.7 Å². The highest BCUT2D eigenvalue weighted by Crippen LogP contribution is 2.33. The summed E-state index contributed by atoms with van der Waals surface area (Å²) in [4.78, 5) is 0. The Kier molecular flexibility index (Phi) is 3.08. The van der Waals surface area contributed by atoms with Gasteiger partial charge in [0.1, 0.15) is 11.5 Å². The van der Waals surface area contributed by atoms with Crippen LogP contribution in [0.2, 0.25) is 5.02 Å². The monoisotopic (exact) mass is 286 g/mol. The summed E-state index contributed by atoms with van der Waals surface area (Å²) < 4.78 is 1.68. The standard InChI is InChI=1S/C15H11ClN2O2/c16-10-2-1-3-11(8-10)18-14(6-7-17-18)13-5-4-12(19)9-15(13)20/h1-9,19-20H. The molecule has 3 rings (SSSR count). The third kappa shape index (κ3) is 2.21. The molecule has 0 atom stereocenters. The van der Waals surface area contributed by atoms with E-state index in [1.165, 1.54) is 12.1 Å². The molecule has 0 spiro atoms. The fourth-order valence-corrected chi connectivity index (χ4v) is 2.24. The topological polar surface area (TPSA) is 58.3 Å². The zero-order valence-corrected chi connectivity index (χ0v) is 11.1. The Balaban J connectivity index is 2.15. The van der Waals surface area contributed by atoms with Gasteiger partial charge in [0.25, 0.3) is 0 Å². The summed E-state index contributed by atoms with van der Waals surface area (Å²) in [6.07, 6.45) is 1.64. The molecule has 100 valence electrons. The largest absolute Gasteiger partial charge is 0.508 e. The first-order valence-corrected chi connectivity index (χ1v) is 6.35. The lowest BCUT2D eigenvalue weighted by Crippen LogP contribution is -1.98. The van der Waals surface area contributed by atoms with Crippen LogP contribution in [0.25, 0.3) is 16.9 Å². The van der Waals surface area contributed by atoms with Gasteiger partial charge in [-0.15, -0.1) is 0 Å². The Morgan fingerprint density at radius 1 is 1.00 bits per heavy atom. The second-order valence-corrected chi connectivity index (χ2v) is 4.75. The summed E-state index contributed by atoms with van der Waals surface area (Å²) in [5.74, 6) is 0.00819. The molecule has 0 aliphatic carbocycles. The van der Waals surface area contributed by atoms with Gasteiger partial charge in [0.05, 0.1) is 17.6 Å². The quantitative estimate of drug-likeness (QED) is 0.757. The smallest absolute Gasteiger partial charge is 0.128 e. The molecule has 0 saturated carbocycles. The van der Waals surface area contributed by atoms with E-state index in [-0.39, 0.29) is 11.5 Å². The van der Waals surface area contributed by atoms with Crippen molar-refractivity contribution >= 4 is 11.6 Å². The maximum atomic E-state index is 9.96. The molecule has 1 aromatic heterocycles. The van der Waals surface area contributed by atoms with Gasteiger partial charge in [0.2, 0.25) is 0 Å². The highest BCUT2D eigenvalue weighted by atomic mass is 35.5. The molecule has 4 nitrogen and oxygen atoms in total. The number of aromatic nitrogens is 2. The molecule has 1 heterocycles. The van der Waals surface area contributed by atoms with E-state index < -0.39 is 0 Å². The second-order valence-electron chi connectivity index (χ2n) is 4.31. The average Bonchev–Trinajstić information content (AvgIpc) is 2.87. The van der Waals surface area contributed by atoms with E-state index in [9.17, 15) is 10.2 Å². The molecule has 0 radical (unpaired) electrons. The van der Waals surface area contributed by atoms with Crippen molar-refractivity contribution < 1.29 is 10.2 Å². The minimum absolute atomic E-state index is 0.00576. The maximum absolute atomic E-state index is 9.96. The third-order valence-electron chi connectivity index (χ3n) is 2.95. The lowest BCUT2D eigenvalue weighted by atomic mass is 10.1. The SMILES string of the molecule is Oc1ccc(-c2ccnn2-c2cccc(Cl)c2)c(O)c1. The van der Waals surface area contributed by atoms with Gasteiger partial charge < -0.3 is 10.2 Å². The fraction of sp³-hybridized carbons (Fsp3) is 0. The number of phenolic OH excluding ortho intramolecular Hbond substituents is 2. The van der Waals surface area contributed by atoms with Gasteiger partial charge in [-0.05, 0) is 36.4 Å². The Labute approximate surface area is 120 Å². The minimum Gasteiger partial charge on any atom is -0.508 e. The van der Waals surface area contributed by atoms with E-state index in [1.807, 2.05) is 12.1 Å². The molecule has 3 aromatic rings. The van der Waals surface area contributed by atoms with Crippen LogP contribution in [0.15, 0.2) is 54.7 Å². The number of nitrogens with zero attached hydrogens (tertiary/aromatic N) is 2. The molecule has 2 aromatic carbocycles. The first-order chi connectivity index (χ1) is 9.65. The number of rotatable bonds is 2. The van der Waals surface area contributed by atoms with Crippen LogP contribution in [0.1, 0.15) is 0 Å². The Bertz CT molecular complexity index is 768. The normalized spacial score (nSPS) is 10.7. The van der Waals surface area contributed by atoms with Gasteiger partial charge in [-0.25, -0.2) is 4.68 Å². The van der Waals surface area contributed by atoms with Crippen molar-refractivity contribution in [3.63, 3.8) is 0 Å². The van der Waals surface area contributed by atoms with Crippen molar-refractivity contribution in [3.05, 3.63) is 59.8 Å². The van der Waals surface area contributed by atoms with E-state index in [0.717, 1.165) is 5.69 Å². The molecular weight excluding hydrogens is 276 g/mol. The van der Waals surface area contributed by atoms with Crippen molar-refractivity contribution in [1.29, 1.82) is 0 Å². The van der Waals surface area contributed by atoms with E-state index >= 15 is 0 Å². The second kappa shape index (κ2) is 4.90. The maximum Gasteiger partial charge on any atom is 0.128 e. The number of halogens is 1. The highest BCUT2D eigenvalue weighted by Gasteiger charge is 2.12. The van der Waals surface area contributed by atoms with Crippen LogP contribution < -0.4 is 0 Å². The predicted molar refractivity (Wildman–Crippen MR) is 77.3 cm³/mol. The first kappa shape index (κ1) is 12.6. The van der Waals surface area contributed by atoms with Gasteiger partial charge in [0.15, 0.2) is 0 Å². The molecule has 0 fully saturated rings. The van der Waals surface area contributed by atoms with Crippen molar-refractivity contribution in [2.24, 2.45) is 0 Å². The van der Waals surface area contributed by atoms with Crippen molar-refractivity contribution in [2.45, 2.75) is 0 Å². The zero-order chi connectivity index (χ0) is 14.1. The van der Waals surface area contributed by atoms with Gasteiger partial charge in [-0.3, -0.25) is 0 Å². The fourth-order valence-electron chi connectivity index (χ4n) is 2.06. The number of hydrogen-bond donors (Lipinski definition) is 2. The molecule has 5 heteroatoms. The first-order valence-electron chi connectivity index (χ1n) is 5.97. The molecule has 0 aliphatic heterocycles. The number of benzene rings is 2. The van der Waals surface area contributed by atoms with E-state index in [1.54, 1.807) is 35.1 Å². The van der Waals surface area contributed by atoms with Crippen molar-refractivity contribution in [3.8, 4) is 28.4 Å². The molecule has 0 bridgehead atoms. The lowest BCUT2D eigenvalue weighted by molar-refractivity contribution is 0.451. The van der Waals surface area contributed by atoms with E-state index in [2.05, 4.69) is 5.10 Å². The van der Waals surface area contributed by atoms with Gasteiger partial charge >= 0.3 is 0 Å². The molecular formula is C15H11ClN2O2. The van der Waals surface area contributed by atoms with Crippen LogP contribution in [-0.4, -0.2) is 20.0 Å². The summed E-state index contributed by atoms with van der Waals surface area (Å²) in [6, 6.07) is 13.5. The molecule has 0 aliphatic rings. The van der Waals surface area contributed by atoms with Gasteiger partial charge in [-0.2, -0.15) is 5.10 Å². The number of aromatic hydroxyl groups is 2. The molecule has 2 N–H and O–H groups in total. The molecule has 20 heavy (non-hydrogen) atoms. The average molecular weight is 287 g/mol. The minimum atomic E-state index is -0.00576. The lowest BCUT2D eigenvalue weighted by Gasteiger charge is -2.09. The van der Waals surface area contributed by atoms with Crippen LogP contribution in [-0.2, 0) is 0 Å². The summed E-state index contributed by atoms with van der Waals surface area (Å²) >= 11 is 5.99. The summed E-state index contributed by atoms with van der Waals surface area (Å²) in [7, 11) is 0. The van der Waals surface area contributed by atoms with Crippen LogP contribution in [0.4, 0.5) is 0 Å². The van der Waals surface area contributed by atoms with E-state index in [0.29, 0.717) is 16.3 Å². The predicted octanol–water partition coefficient (Wildman–Crippen LogP) is 3.60.